The zero-order valence-corrected chi connectivity index (χ0v) is 9.10. The zero-order chi connectivity index (χ0) is 11.0. The van der Waals surface area contributed by atoms with Crippen molar-refractivity contribution in [2.75, 3.05) is 18.9 Å². The first kappa shape index (κ1) is 9.66. The Labute approximate surface area is 94.0 Å². The Morgan fingerprint density at radius 3 is 2.81 bits per heavy atom. The highest BCUT2D eigenvalue weighted by atomic mass is 16.5. The maximum absolute atomic E-state index is 6.00. The summed E-state index contributed by atoms with van der Waals surface area (Å²) in [6, 6.07) is 8.53. The van der Waals surface area contributed by atoms with E-state index in [0.29, 0.717) is 12.0 Å². The third-order valence-electron chi connectivity index (χ3n) is 3.18. The maximum Gasteiger partial charge on any atom is 0.201 e. The lowest BCUT2D eigenvalue weighted by molar-refractivity contribution is 0.0711. The first-order valence-electron chi connectivity index (χ1n) is 5.66. The number of benzene rings is 1. The van der Waals surface area contributed by atoms with Crippen molar-refractivity contribution in [1.29, 1.82) is 0 Å². The van der Waals surface area contributed by atoms with Crippen molar-refractivity contribution in [3.63, 3.8) is 0 Å². The van der Waals surface area contributed by atoms with Gasteiger partial charge in [-0.15, -0.1) is 0 Å². The van der Waals surface area contributed by atoms with Gasteiger partial charge < -0.3 is 15.0 Å². The van der Waals surface area contributed by atoms with E-state index in [9.17, 15) is 0 Å². The van der Waals surface area contributed by atoms with Crippen molar-refractivity contribution in [1.82, 2.24) is 9.55 Å². The largest absolute Gasteiger partial charge is 0.381 e. The minimum atomic E-state index is 0.432. The van der Waals surface area contributed by atoms with Gasteiger partial charge in [-0.3, -0.25) is 0 Å². The molecule has 0 unspecified atom stereocenters. The van der Waals surface area contributed by atoms with Crippen LogP contribution in [0.3, 0.4) is 0 Å². The van der Waals surface area contributed by atoms with Crippen molar-refractivity contribution in [2.24, 2.45) is 0 Å². The van der Waals surface area contributed by atoms with Crippen LogP contribution in [0.4, 0.5) is 5.95 Å². The number of anilines is 1. The number of para-hydroxylation sites is 2. The second-order valence-corrected chi connectivity index (χ2v) is 4.17. The summed E-state index contributed by atoms with van der Waals surface area (Å²) >= 11 is 0. The zero-order valence-electron chi connectivity index (χ0n) is 9.10. The predicted octanol–water partition coefficient (Wildman–Crippen LogP) is 1.97. The molecule has 1 fully saturated rings. The first-order valence-corrected chi connectivity index (χ1v) is 5.66. The van der Waals surface area contributed by atoms with Crippen molar-refractivity contribution in [3.05, 3.63) is 24.3 Å². The number of hydrogen-bond acceptors (Lipinski definition) is 3. The summed E-state index contributed by atoms with van der Waals surface area (Å²) in [5.41, 5.74) is 8.10. The van der Waals surface area contributed by atoms with E-state index in [1.807, 2.05) is 18.2 Å². The van der Waals surface area contributed by atoms with Crippen LogP contribution < -0.4 is 5.73 Å². The quantitative estimate of drug-likeness (QED) is 0.794. The number of fused-ring (bicyclic) bond motifs is 1. The molecule has 0 bridgehead atoms. The Morgan fingerprint density at radius 2 is 2.00 bits per heavy atom. The van der Waals surface area contributed by atoms with Gasteiger partial charge in [-0.2, -0.15) is 0 Å². The molecule has 2 N–H and O–H groups in total. The van der Waals surface area contributed by atoms with E-state index in [1.54, 1.807) is 0 Å². The highest BCUT2D eigenvalue weighted by Gasteiger charge is 2.20. The highest BCUT2D eigenvalue weighted by Crippen LogP contribution is 2.28. The summed E-state index contributed by atoms with van der Waals surface area (Å²) < 4.78 is 7.53. The monoisotopic (exact) mass is 217 g/mol. The van der Waals surface area contributed by atoms with E-state index in [-0.39, 0.29) is 0 Å². The van der Waals surface area contributed by atoms with Crippen LogP contribution in [0.15, 0.2) is 24.3 Å². The molecule has 0 radical (unpaired) electrons. The third-order valence-corrected chi connectivity index (χ3v) is 3.18. The topological polar surface area (TPSA) is 53.1 Å². The minimum Gasteiger partial charge on any atom is -0.381 e. The van der Waals surface area contributed by atoms with Crippen LogP contribution in [-0.4, -0.2) is 22.8 Å². The van der Waals surface area contributed by atoms with Gasteiger partial charge in [0.15, 0.2) is 0 Å². The number of nitrogens with zero attached hydrogens (tertiary/aromatic N) is 2. The van der Waals surface area contributed by atoms with Gasteiger partial charge >= 0.3 is 0 Å². The number of nitrogen functional groups attached to an aromatic ring is 1. The molecule has 2 aromatic rings. The van der Waals surface area contributed by atoms with Gasteiger partial charge in [0.1, 0.15) is 0 Å². The van der Waals surface area contributed by atoms with Crippen LogP contribution in [0, 0.1) is 0 Å². The molecule has 1 aliphatic heterocycles. The summed E-state index contributed by atoms with van der Waals surface area (Å²) in [7, 11) is 0. The molecule has 16 heavy (non-hydrogen) atoms. The van der Waals surface area contributed by atoms with Crippen molar-refractivity contribution >= 4 is 17.0 Å². The summed E-state index contributed by atoms with van der Waals surface area (Å²) in [4.78, 5) is 4.39. The molecule has 1 saturated heterocycles. The second kappa shape index (κ2) is 3.79. The lowest BCUT2D eigenvalue weighted by Crippen LogP contribution is -2.20. The van der Waals surface area contributed by atoms with Crippen LogP contribution in [0.5, 0.6) is 0 Å². The van der Waals surface area contributed by atoms with Crippen LogP contribution in [0.2, 0.25) is 0 Å². The van der Waals surface area contributed by atoms with E-state index < -0.39 is 0 Å². The van der Waals surface area contributed by atoms with E-state index in [2.05, 4.69) is 15.6 Å². The Balaban J connectivity index is 2.10. The van der Waals surface area contributed by atoms with Gasteiger partial charge in [-0.05, 0) is 25.0 Å². The summed E-state index contributed by atoms with van der Waals surface area (Å²) in [6.07, 6.45) is 2.04. The molecule has 1 aromatic carbocycles. The molecule has 0 amide bonds. The van der Waals surface area contributed by atoms with Gasteiger partial charge in [0, 0.05) is 19.3 Å². The van der Waals surface area contributed by atoms with E-state index in [1.165, 1.54) is 0 Å². The molecule has 4 nitrogen and oxygen atoms in total. The summed E-state index contributed by atoms with van der Waals surface area (Å²) in [5, 5.41) is 0. The van der Waals surface area contributed by atoms with Gasteiger partial charge in [0.25, 0.3) is 0 Å². The van der Waals surface area contributed by atoms with E-state index in [4.69, 9.17) is 10.5 Å². The van der Waals surface area contributed by atoms with Crippen LogP contribution in [0.25, 0.3) is 11.0 Å². The molecule has 0 aliphatic carbocycles. The fourth-order valence-electron chi connectivity index (χ4n) is 2.39. The number of imidazole rings is 1. The molecule has 0 spiro atoms. The lowest BCUT2D eigenvalue weighted by Gasteiger charge is -2.24. The Kier molecular flexibility index (Phi) is 2.29. The maximum atomic E-state index is 6.00. The standard InChI is InChI=1S/C12H15N3O/c13-12-14-10-3-1-2-4-11(10)15(12)9-5-7-16-8-6-9/h1-4,9H,5-8H2,(H2,13,14). The van der Waals surface area contributed by atoms with Crippen molar-refractivity contribution in [2.45, 2.75) is 18.9 Å². The van der Waals surface area contributed by atoms with Gasteiger partial charge in [0.2, 0.25) is 5.95 Å². The fourth-order valence-corrected chi connectivity index (χ4v) is 2.39. The van der Waals surface area contributed by atoms with Crippen LogP contribution >= 0.6 is 0 Å². The normalized spacial score (nSPS) is 18.0. The Bertz CT molecular complexity index is 500. The highest BCUT2D eigenvalue weighted by molar-refractivity contribution is 5.78. The third kappa shape index (κ3) is 1.46. The summed E-state index contributed by atoms with van der Waals surface area (Å²) in [5.74, 6) is 0.619. The first-order chi connectivity index (χ1) is 7.86. The molecular formula is C12H15N3O. The van der Waals surface area contributed by atoms with Crippen LogP contribution in [-0.2, 0) is 4.74 Å². The van der Waals surface area contributed by atoms with Crippen molar-refractivity contribution in [3.8, 4) is 0 Å². The Morgan fingerprint density at radius 1 is 1.25 bits per heavy atom. The molecule has 2 heterocycles. The van der Waals surface area contributed by atoms with Crippen LogP contribution in [0.1, 0.15) is 18.9 Å². The average molecular weight is 217 g/mol. The molecule has 0 atom stereocenters. The molecule has 1 aromatic heterocycles. The molecular weight excluding hydrogens is 202 g/mol. The molecule has 3 rings (SSSR count). The SMILES string of the molecule is Nc1nc2ccccc2n1C1CCOCC1. The second-order valence-electron chi connectivity index (χ2n) is 4.17. The smallest absolute Gasteiger partial charge is 0.201 e. The lowest BCUT2D eigenvalue weighted by atomic mass is 10.1. The van der Waals surface area contributed by atoms with E-state index in [0.717, 1.165) is 37.1 Å². The fraction of sp³-hybridized carbons (Fsp3) is 0.417. The average Bonchev–Trinajstić information content (AvgIpc) is 2.66. The predicted molar refractivity (Wildman–Crippen MR) is 63.2 cm³/mol. The number of nitrogens with two attached hydrogens (primary N) is 1. The van der Waals surface area contributed by atoms with E-state index >= 15 is 0 Å². The van der Waals surface area contributed by atoms with Crippen molar-refractivity contribution < 1.29 is 4.74 Å². The van der Waals surface area contributed by atoms with Gasteiger partial charge in [-0.1, -0.05) is 12.1 Å². The van der Waals surface area contributed by atoms with Gasteiger partial charge in [-0.25, -0.2) is 4.98 Å². The molecule has 4 heteroatoms. The van der Waals surface area contributed by atoms with Gasteiger partial charge in [0.05, 0.1) is 11.0 Å². The molecule has 84 valence electrons. The number of rotatable bonds is 1. The summed E-state index contributed by atoms with van der Waals surface area (Å²) in [6.45, 7) is 1.63. The molecule has 0 saturated carbocycles. The Hall–Kier alpha value is -1.55. The number of ether oxygens (including phenoxy) is 1. The minimum absolute atomic E-state index is 0.432. The number of aromatic nitrogens is 2. The number of hydrogen-bond donors (Lipinski definition) is 1. The molecule has 1 aliphatic rings.